The fourth-order valence-electron chi connectivity index (χ4n) is 5.26. The summed E-state index contributed by atoms with van der Waals surface area (Å²) in [6, 6.07) is 26.3. The lowest BCUT2D eigenvalue weighted by Crippen LogP contribution is -2.50. The lowest BCUT2D eigenvalue weighted by molar-refractivity contribution is 0.0373. The molecule has 10 heteroatoms. The van der Waals surface area contributed by atoms with Crippen molar-refractivity contribution in [3.63, 3.8) is 0 Å². The van der Waals surface area contributed by atoms with Gasteiger partial charge in [-0.3, -0.25) is 4.79 Å². The van der Waals surface area contributed by atoms with E-state index in [-0.39, 0.29) is 42.3 Å². The normalized spacial score (nSPS) is 17.0. The second-order valence-electron chi connectivity index (χ2n) is 11.1. The number of aliphatic hydroxyl groups is 1. The number of nitrogens with zero attached hydrogens (tertiary/aromatic N) is 2. The number of anilines is 3. The minimum absolute atomic E-state index is 0.192. The highest BCUT2D eigenvalue weighted by molar-refractivity contribution is 6.04. The zero-order valence-electron chi connectivity index (χ0n) is 25.0. The number of aliphatic hydroxyl groups excluding tert-OH is 1. The van der Waals surface area contributed by atoms with E-state index in [1.807, 2.05) is 67.6 Å². The van der Waals surface area contributed by atoms with E-state index >= 15 is 0 Å². The molecule has 0 unspecified atom stereocenters. The molecule has 1 aliphatic heterocycles. The first-order valence-electron chi connectivity index (χ1n) is 14.6. The quantitative estimate of drug-likeness (QED) is 0.213. The van der Waals surface area contributed by atoms with Gasteiger partial charge >= 0.3 is 12.1 Å². The van der Waals surface area contributed by atoms with E-state index in [0.717, 1.165) is 10.8 Å². The SMILES string of the molecule is C[C@@H]1CN([C@@H](C)CO)C(=O)c2cccc(NC(=O)Nc3ccccc3)c2O[C@@H]1CN(C)C(=O)Nc1cccc2ccccc12. The third-order valence-corrected chi connectivity index (χ3v) is 7.80. The van der Waals surface area contributed by atoms with Crippen LogP contribution in [0.25, 0.3) is 10.8 Å². The van der Waals surface area contributed by atoms with Crippen molar-refractivity contribution in [1.82, 2.24) is 9.80 Å². The van der Waals surface area contributed by atoms with Gasteiger partial charge in [0.1, 0.15) is 6.10 Å². The van der Waals surface area contributed by atoms with Gasteiger partial charge in [-0.2, -0.15) is 0 Å². The van der Waals surface area contributed by atoms with Gasteiger partial charge < -0.3 is 35.6 Å². The number of hydrogen-bond donors (Lipinski definition) is 4. The Morgan fingerprint density at radius 3 is 2.39 bits per heavy atom. The summed E-state index contributed by atoms with van der Waals surface area (Å²) in [7, 11) is 1.69. The van der Waals surface area contributed by atoms with Gasteiger partial charge in [0.2, 0.25) is 0 Å². The molecule has 3 atom stereocenters. The molecule has 0 aliphatic carbocycles. The Kier molecular flexibility index (Phi) is 9.30. The van der Waals surface area contributed by atoms with E-state index in [4.69, 9.17) is 4.74 Å². The fraction of sp³-hybridized carbons (Fsp3) is 0.265. The summed E-state index contributed by atoms with van der Waals surface area (Å²) in [4.78, 5) is 43.2. The Morgan fingerprint density at radius 1 is 0.932 bits per heavy atom. The van der Waals surface area contributed by atoms with Gasteiger partial charge in [0.15, 0.2) is 5.75 Å². The number of fused-ring (bicyclic) bond motifs is 2. The molecule has 0 saturated heterocycles. The first-order chi connectivity index (χ1) is 21.2. The minimum Gasteiger partial charge on any atom is -0.485 e. The van der Waals surface area contributed by atoms with Crippen LogP contribution in [0.4, 0.5) is 26.7 Å². The number of para-hydroxylation sites is 2. The van der Waals surface area contributed by atoms with E-state index in [0.29, 0.717) is 23.6 Å². The summed E-state index contributed by atoms with van der Waals surface area (Å²) >= 11 is 0. The molecule has 1 aliphatic rings. The van der Waals surface area contributed by atoms with Gasteiger partial charge in [0.05, 0.1) is 36.1 Å². The third kappa shape index (κ3) is 6.76. The number of urea groups is 2. The zero-order chi connectivity index (χ0) is 31.2. The van der Waals surface area contributed by atoms with Crippen LogP contribution in [0.1, 0.15) is 24.2 Å². The highest BCUT2D eigenvalue weighted by Crippen LogP contribution is 2.35. The number of hydrogen-bond acceptors (Lipinski definition) is 5. The molecule has 4 aromatic carbocycles. The Balaban J connectivity index is 1.41. The van der Waals surface area contributed by atoms with Crippen molar-refractivity contribution in [2.75, 3.05) is 42.7 Å². The Hall–Kier alpha value is -5.09. The van der Waals surface area contributed by atoms with Crippen LogP contribution in [0.15, 0.2) is 91.0 Å². The van der Waals surface area contributed by atoms with E-state index in [9.17, 15) is 19.5 Å². The molecule has 0 aromatic heterocycles. The van der Waals surface area contributed by atoms with Crippen molar-refractivity contribution < 1.29 is 24.2 Å². The Labute approximate surface area is 256 Å². The number of likely N-dealkylation sites (N-methyl/N-ethyl adjacent to an activating group) is 1. The van der Waals surface area contributed by atoms with Gasteiger partial charge in [0.25, 0.3) is 5.91 Å². The maximum Gasteiger partial charge on any atom is 0.323 e. The number of ether oxygens (including phenoxy) is 1. The minimum atomic E-state index is -0.557. The smallest absolute Gasteiger partial charge is 0.323 e. The number of carbonyl (C=O) groups is 3. The topological polar surface area (TPSA) is 123 Å². The Morgan fingerprint density at radius 2 is 1.61 bits per heavy atom. The molecular formula is C34H37N5O5. The molecule has 4 aromatic rings. The number of carbonyl (C=O) groups excluding carboxylic acids is 3. The van der Waals surface area contributed by atoms with Crippen molar-refractivity contribution in [1.29, 1.82) is 0 Å². The van der Waals surface area contributed by atoms with Gasteiger partial charge in [-0.15, -0.1) is 0 Å². The first-order valence-corrected chi connectivity index (χ1v) is 14.6. The predicted octanol–water partition coefficient (Wildman–Crippen LogP) is 5.87. The highest BCUT2D eigenvalue weighted by atomic mass is 16.5. The summed E-state index contributed by atoms with van der Waals surface area (Å²) in [6.07, 6.45) is -0.557. The largest absolute Gasteiger partial charge is 0.485 e. The molecule has 5 amide bonds. The molecule has 0 radical (unpaired) electrons. The van der Waals surface area contributed by atoms with Gasteiger partial charge in [-0.05, 0) is 42.6 Å². The average molecular weight is 596 g/mol. The molecule has 228 valence electrons. The number of amides is 5. The molecule has 5 rings (SSSR count). The Bertz CT molecular complexity index is 1640. The predicted molar refractivity (Wildman–Crippen MR) is 172 cm³/mol. The van der Waals surface area contributed by atoms with Crippen molar-refractivity contribution >= 4 is 45.8 Å². The van der Waals surface area contributed by atoms with Crippen LogP contribution in [0.3, 0.4) is 0 Å². The van der Waals surface area contributed by atoms with Crippen molar-refractivity contribution in [3.05, 3.63) is 96.6 Å². The second kappa shape index (κ2) is 13.5. The second-order valence-corrected chi connectivity index (χ2v) is 11.1. The number of rotatable bonds is 7. The van der Waals surface area contributed by atoms with Crippen LogP contribution in [0, 0.1) is 5.92 Å². The standard InChI is InChI=1S/C34H37N5O5/c1-22-19-39(23(2)21-40)32(41)27-16-10-18-29(36-33(42)35-25-13-5-4-6-14-25)31(27)44-30(22)20-38(3)34(43)37-28-17-9-12-24-11-7-8-15-26(24)28/h4-18,22-23,30,40H,19-21H2,1-3H3,(H,37,43)(H2,35,36,42)/t22-,23+,30-/m1/s1. The lowest BCUT2D eigenvalue weighted by atomic mass is 9.99. The molecule has 0 fully saturated rings. The average Bonchev–Trinajstić information content (AvgIpc) is 3.03. The molecule has 4 N–H and O–H groups in total. The van der Waals surface area contributed by atoms with Gasteiger partial charge in [0, 0.05) is 30.6 Å². The van der Waals surface area contributed by atoms with Crippen LogP contribution in [0.2, 0.25) is 0 Å². The number of nitrogens with one attached hydrogen (secondary N) is 3. The molecule has 44 heavy (non-hydrogen) atoms. The maximum atomic E-state index is 13.7. The van der Waals surface area contributed by atoms with Crippen molar-refractivity contribution in [2.24, 2.45) is 5.92 Å². The summed E-state index contributed by atoms with van der Waals surface area (Å²) in [5.74, 6) is -0.351. The van der Waals surface area contributed by atoms with Crippen LogP contribution < -0.4 is 20.7 Å². The molecule has 0 spiro atoms. The van der Waals surface area contributed by atoms with Gasteiger partial charge in [-0.1, -0.05) is 67.6 Å². The molecular weight excluding hydrogens is 558 g/mol. The highest BCUT2D eigenvalue weighted by Gasteiger charge is 2.35. The van der Waals surface area contributed by atoms with Gasteiger partial charge in [-0.25, -0.2) is 9.59 Å². The zero-order valence-corrected chi connectivity index (χ0v) is 25.0. The van der Waals surface area contributed by atoms with Crippen LogP contribution in [0.5, 0.6) is 5.75 Å². The third-order valence-electron chi connectivity index (χ3n) is 7.80. The molecule has 0 saturated carbocycles. The summed E-state index contributed by atoms with van der Waals surface area (Å²) in [5, 5.41) is 20.5. The van der Waals surface area contributed by atoms with Crippen LogP contribution in [-0.4, -0.2) is 71.8 Å². The lowest BCUT2D eigenvalue weighted by Gasteiger charge is -2.38. The summed E-state index contributed by atoms with van der Waals surface area (Å²) < 4.78 is 6.53. The van der Waals surface area contributed by atoms with Crippen molar-refractivity contribution in [3.8, 4) is 5.75 Å². The van der Waals surface area contributed by atoms with E-state index in [2.05, 4.69) is 16.0 Å². The molecule has 1 heterocycles. The van der Waals surface area contributed by atoms with E-state index in [1.54, 1.807) is 54.1 Å². The van der Waals surface area contributed by atoms with E-state index in [1.165, 1.54) is 0 Å². The molecule has 10 nitrogen and oxygen atoms in total. The summed E-state index contributed by atoms with van der Waals surface area (Å²) in [5.41, 5.74) is 1.86. The summed E-state index contributed by atoms with van der Waals surface area (Å²) in [6.45, 7) is 3.99. The maximum absolute atomic E-state index is 13.7. The fourth-order valence-corrected chi connectivity index (χ4v) is 5.26. The van der Waals surface area contributed by atoms with Crippen molar-refractivity contribution in [2.45, 2.75) is 26.0 Å². The van der Waals surface area contributed by atoms with Crippen LogP contribution in [-0.2, 0) is 0 Å². The molecule has 0 bridgehead atoms. The number of benzene rings is 4. The first kappa shape index (κ1) is 30.4. The van der Waals surface area contributed by atoms with E-state index < -0.39 is 18.2 Å². The monoisotopic (exact) mass is 595 g/mol. The van der Waals surface area contributed by atoms with Crippen LogP contribution >= 0.6 is 0 Å².